The minimum Gasteiger partial charge on any atom is -0.495 e. The fraction of sp³-hybridized carbons (Fsp3) is 0.143. The molecule has 0 heterocycles. The maximum atomic E-state index is 10.6. The van der Waals surface area contributed by atoms with Crippen molar-refractivity contribution in [2.75, 3.05) is 7.11 Å². The van der Waals surface area contributed by atoms with Gasteiger partial charge in [0.2, 0.25) is 0 Å². The fourth-order valence-electron chi connectivity index (χ4n) is 0.826. The number of rotatable bonds is 3. The van der Waals surface area contributed by atoms with Crippen molar-refractivity contribution in [3.8, 4) is 11.5 Å². The zero-order chi connectivity index (χ0) is 10.8. The number of halogens is 1. The largest absolute Gasteiger partial charge is 0.495 e. The lowest BCUT2D eigenvalue weighted by Gasteiger charge is -2.05. The van der Waals surface area contributed by atoms with Crippen LogP contribution in [0.1, 0.15) is 0 Å². The Morgan fingerprint density at radius 1 is 1.43 bits per heavy atom. The zero-order valence-electron chi connectivity index (χ0n) is 7.23. The Labute approximate surface area is 86.6 Å². The normalized spacial score (nSPS) is 11.1. The van der Waals surface area contributed by atoms with E-state index in [1.54, 1.807) is 0 Å². The molecular formula is C7H8ClNO4S. The summed E-state index contributed by atoms with van der Waals surface area (Å²) < 4.78 is 30.4. The quantitative estimate of drug-likeness (QED) is 0.848. The highest BCUT2D eigenvalue weighted by molar-refractivity contribution is 7.84. The third kappa shape index (κ3) is 3.06. The minimum absolute atomic E-state index is 0.0498. The molecule has 0 saturated heterocycles. The molecule has 0 bridgehead atoms. The summed E-state index contributed by atoms with van der Waals surface area (Å²) in [6.07, 6.45) is 0. The van der Waals surface area contributed by atoms with Crippen molar-refractivity contribution < 1.29 is 17.3 Å². The standard InChI is InChI=1S/C7H8ClNO4S/c1-12-7-4-5(2-3-6(7)8)13-14(9,10)11/h2-4H,1H3,(H2,9,10,11). The molecule has 0 saturated carbocycles. The van der Waals surface area contributed by atoms with Crippen LogP contribution in [0.3, 0.4) is 0 Å². The molecule has 7 heteroatoms. The second-order valence-corrected chi connectivity index (χ2v) is 3.93. The summed E-state index contributed by atoms with van der Waals surface area (Å²) in [5.74, 6) is 0.363. The Morgan fingerprint density at radius 2 is 2.07 bits per heavy atom. The van der Waals surface area contributed by atoms with Gasteiger partial charge in [0.1, 0.15) is 11.5 Å². The van der Waals surface area contributed by atoms with Crippen molar-refractivity contribution in [1.82, 2.24) is 0 Å². The minimum atomic E-state index is -4.01. The van der Waals surface area contributed by atoms with Gasteiger partial charge in [-0.15, -0.1) is 0 Å². The van der Waals surface area contributed by atoms with Crippen LogP contribution in [0.2, 0.25) is 5.02 Å². The van der Waals surface area contributed by atoms with Gasteiger partial charge in [-0.25, -0.2) is 0 Å². The lowest BCUT2D eigenvalue weighted by atomic mass is 10.3. The van der Waals surface area contributed by atoms with E-state index in [0.717, 1.165) is 0 Å². The van der Waals surface area contributed by atoms with Gasteiger partial charge in [0.05, 0.1) is 12.1 Å². The third-order valence-corrected chi connectivity index (χ3v) is 2.07. The van der Waals surface area contributed by atoms with Crippen LogP contribution in [-0.4, -0.2) is 15.5 Å². The highest BCUT2D eigenvalue weighted by Crippen LogP contribution is 2.28. The van der Waals surface area contributed by atoms with Crippen LogP contribution in [0.4, 0.5) is 0 Å². The van der Waals surface area contributed by atoms with Crippen molar-refractivity contribution in [3.05, 3.63) is 23.2 Å². The average molecular weight is 238 g/mol. The predicted octanol–water partition coefficient (Wildman–Crippen LogP) is 0.931. The molecule has 2 N–H and O–H groups in total. The van der Waals surface area contributed by atoms with E-state index in [1.165, 1.54) is 25.3 Å². The van der Waals surface area contributed by atoms with E-state index in [-0.39, 0.29) is 5.75 Å². The summed E-state index contributed by atoms with van der Waals surface area (Å²) in [5.41, 5.74) is 0. The summed E-state index contributed by atoms with van der Waals surface area (Å²) in [6.45, 7) is 0. The van der Waals surface area contributed by atoms with Crippen LogP contribution in [0.5, 0.6) is 11.5 Å². The van der Waals surface area contributed by atoms with Crippen LogP contribution in [-0.2, 0) is 10.3 Å². The lowest BCUT2D eigenvalue weighted by molar-refractivity contribution is 0.412. The first-order valence-corrected chi connectivity index (χ1v) is 5.33. The Morgan fingerprint density at radius 3 is 2.57 bits per heavy atom. The lowest BCUT2D eigenvalue weighted by Crippen LogP contribution is -2.18. The van der Waals surface area contributed by atoms with E-state index in [2.05, 4.69) is 9.32 Å². The molecule has 1 aromatic carbocycles. The Hall–Kier alpha value is -0.980. The van der Waals surface area contributed by atoms with Gasteiger partial charge in [0.25, 0.3) is 0 Å². The molecule has 0 aliphatic heterocycles. The van der Waals surface area contributed by atoms with E-state index in [1.807, 2.05) is 0 Å². The number of hydrogen-bond donors (Lipinski definition) is 1. The molecule has 14 heavy (non-hydrogen) atoms. The SMILES string of the molecule is COc1cc(OS(N)(=O)=O)ccc1Cl. The van der Waals surface area contributed by atoms with Crippen molar-refractivity contribution in [3.63, 3.8) is 0 Å². The molecule has 0 radical (unpaired) electrons. The van der Waals surface area contributed by atoms with Gasteiger partial charge in [-0.2, -0.15) is 13.6 Å². The van der Waals surface area contributed by atoms with Crippen molar-refractivity contribution in [1.29, 1.82) is 0 Å². The molecule has 0 aliphatic carbocycles. The predicted molar refractivity (Wildman–Crippen MR) is 51.7 cm³/mol. The van der Waals surface area contributed by atoms with Gasteiger partial charge in [0, 0.05) is 6.07 Å². The molecule has 5 nitrogen and oxygen atoms in total. The number of benzene rings is 1. The first-order chi connectivity index (χ1) is 6.42. The maximum absolute atomic E-state index is 10.6. The average Bonchev–Trinajstić information content (AvgIpc) is 2.06. The van der Waals surface area contributed by atoms with Crippen molar-refractivity contribution in [2.45, 2.75) is 0 Å². The second kappa shape index (κ2) is 4.04. The maximum Gasteiger partial charge on any atom is 0.380 e. The first-order valence-electron chi connectivity index (χ1n) is 3.48. The number of methoxy groups -OCH3 is 1. The van der Waals surface area contributed by atoms with Crippen molar-refractivity contribution >= 4 is 21.9 Å². The summed E-state index contributed by atoms with van der Waals surface area (Å²) in [6, 6.07) is 4.14. The van der Waals surface area contributed by atoms with E-state index in [9.17, 15) is 8.42 Å². The summed E-state index contributed by atoms with van der Waals surface area (Å²) in [7, 11) is -2.61. The van der Waals surface area contributed by atoms with Gasteiger partial charge >= 0.3 is 10.3 Å². The third-order valence-electron chi connectivity index (χ3n) is 1.33. The highest BCUT2D eigenvalue weighted by atomic mass is 35.5. The van der Waals surface area contributed by atoms with Crippen molar-refractivity contribution in [2.24, 2.45) is 5.14 Å². The Balaban J connectivity index is 3.01. The topological polar surface area (TPSA) is 78.6 Å². The van der Waals surface area contributed by atoms with E-state index in [4.69, 9.17) is 16.3 Å². The van der Waals surface area contributed by atoms with Crippen LogP contribution in [0.15, 0.2) is 18.2 Å². The Kier molecular flexibility index (Phi) is 3.20. The second-order valence-electron chi connectivity index (χ2n) is 2.37. The van der Waals surface area contributed by atoms with Gasteiger partial charge < -0.3 is 8.92 Å². The van der Waals surface area contributed by atoms with Gasteiger partial charge in [-0.3, -0.25) is 0 Å². The van der Waals surface area contributed by atoms with Gasteiger partial charge in [-0.1, -0.05) is 11.6 Å². The van der Waals surface area contributed by atoms with Crippen LogP contribution >= 0.6 is 11.6 Å². The molecule has 0 atom stereocenters. The first kappa shape index (κ1) is 11.1. The molecule has 0 fully saturated rings. The van der Waals surface area contributed by atoms with E-state index in [0.29, 0.717) is 10.8 Å². The Bertz CT molecular complexity index is 431. The van der Waals surface area contributed by atoms with Gasteiger partial charge in [-0.05, 0) is 12.1 Å². The molecule has 0 spiro atoms. The molecule has 0 amide bonds. The summed E-state index contributed by atoms with van der Waals surface area (Å²) in [5, 5.41) is 5.03. The highest BCUT2D eigenvalue weighted by Gasteiger charge is 2.07. The monoisotopic (exact) mass is 237 g/mol. The number of hydrogen-bond acceptors (Lipinski definition) is 4. The van der Waals surface area contributed by atoms with E-state index < -0.39 is 10.3 Å². The number of nitrogens with two attached hydrogens (primary N) is 1. The van der Waals surface area contributed by atoms with Crippen LogP contribution < -0.4 is 14.1 Å². The smallest absolute Gasteiger partial charge is 0.380 e. The molecule has 1 rings (SSSR count). The summed E-state index contributed by atoms with van der Waals surface area (Å²) >= 11 is 5.71. The molecular weight excluding hydrogens is 230 g/mol. The zero-order valence-corrected chi connectivity index (χ0v) is 8.80. The van der Waals surface area contributed by atoms with E-state index >= 15 is 0 Å². The van der Waals surface area contributed by atoms with Crippen LogP contribution in [0.25, 0.3) is 0 Å². The van der Waals surface area contributed by atoms with Gasteiger partial charge in [0.15, 0.2) is 0 Å². The summed E-state index contributed by atoms with van der Waals surface area (Å²) in [4.78, 5) is 0. The molecule has 78 valence electrons. The molecule has 0 aromatic heterocycles. The number of ether oxygens (including phenoxy) is 1. The molecule has 1 aromatic rings. The van der Waals surface area contributed by atoms with Crippen LogP contribution in [0, 0.1) is 0 Å². The fourth-order valence-corrected chi connectivity index (χ4v) is 1.39. The molecule has 0 aliphatic rings. The molecule has 0 unspecified atom stereocenters.